The van der Waals surface area contributed by atoms with E-state index < -0.39 is 40.9 Å². The Kier molecular flexibility index (Phi) is 3.59. The van der Waals surface area contributed by atoms with E-state index in [1.165, 1.54) is 0 Å². The maximum atomic E-state index is 13.6. The van der Waals surface area contributed by atoms with Gasteiger partial charge >= 0.3 is 0 Å². The summed E-state index contributed by atoms with van der Waals surface area (Å²) in [5, 5.41) is 9.01. The van der Waals surface area contributed by atoms with E-state index in [0.717, 1.165) is 12.8 Å². The van der Waals surface area contributed by atoms with Crippen molar-refractivity contribution < 1.29 is 26.7 Å². The quantitative estimate of drug-likeness (QED) is 0.363. The van der Waals surface area contributed by atoms with Crippen molar-refractivity contribution >= 4 is 0 Å². The summed E-state index contributed by atoms with van der Waals surface area (Å²) >= 11 is 0. The fourth-order valence-corrected chi connectivity index (χ4v) is 3.24. The van der Waals surface area contributed by atoms with Gasteiger partial charge in [0.05, 0.1) is 0 Å². The fraction of sp³-hybridized carbons (Fsp3) is 0.500. The van der Waals surface area contributed by atoms with Crippen LogP contribution in [0.5, 0.6) is 5.75 Å². The van der Waals surface area contributed by atoms with Crippen LogP contribution in [-0.4, -0.2) is 23.1 Å². The third-order valence-electron chi connectivity index (χ3n) is 4.26. The zero-order valence-electron chi connectivity index (χ0n) is 11.3. The molecule has 1 aromatic carbocycles. The highest BCUT2D eigenvalue weighted by Crippen LogP contribution is 2.38. The highest BCUT2D eigenvalue weighted by atomic mass is 19.2. The second-order valence-corrected chi connectivity index (χ2v) is 5.50. The molecule has 2 saturated heterocycles. The minimum atomic E-state index is -2.21. The molecule has 2 aliphatic rings. The average molecular weight is 318 g/mol. The molecule has 0 spiro atoms. The van der Waals surface area contributed by atoms with Crippen molar-refractivity contribution in [2.24, 2.45) is 0 Å². The second-order valence-electron chi connectivity index (χ2n) is 5.50. The summed E-state index contributed by atoms with van der Waals surface area (Å²) in [5.74, 6) is -11.4. The molecule has 1 aromatic rings. The molecule has 118 valence electrons. The molecule has 3 rings (SSSR count). The summed E-state index contributed by atoms with van der Waals surface area (Å²) in [6.45, 7) is 0. The number of ether oxygens (including phenoxy) is 1. The van der Waals surface area contributed by atoms with Crippen LogP contribution in [-0.2, 0) is 0 Å². The number of nitriles is 1. The number of halogens is 5. The number of piperidine rings is 1. The predicted molar refractivity (Wildman–Crippen MR) is 64.1 cm³/mol. The molecule has 0 amide bonds. The lowest BCUT2D eigenvalue weighted by Crippen LogP contribution is -2.43. The maximum Gasteiger partial charge on any atom is 0.207 e. The van der Waals surface area contributed by atoms with Crippen molar-refractivity contribution in [2.75, 3.05) is 0 Å². The van der Waals surface area contributed by atoms with Gasteiger partial charge in [-0.25, -0.2) is 13.2 Å². The molecular formula is C14H11F5N2O. The number of nitrogens with zero attached hydrogens (tertiary/aromatic N) is 2. The number of hydrogen-bond donors (Lipinski definition) is 0. The molecule has 0 aromatic heterocycles. The van der Waals surface area contributed by atoms with Gasteiger partial charge in [0.15, 0.2) is 11.9 Å². The van der Waals surface area contributed by atoms with Gasteiger partial charge in [-0.1, -0.05) is 0 Å². The summed E-state index contributed by atoms with van der Waals surface area (Å²) in [7, 11) is 0. The first kappa shape index (κ1) is 14.9. The van der Waals surface area contributed by atoms with Crippen LogP contribution in [0.3, 0.4) is 0 Å². The Hall–Kier alpha value is -2.04. The standard InChI is InChI=1S/C14H11F5N2O/c15-9-10(16)12(18)14(13(19)11(9)17)22-8-3-6-1-2-7(4-8)21(6)5-20/h6-8H,1-4H2. The smallest absolute Gasteiger partial charge is 0.207 e. The lowest BCUT2D eigenvalue weighted by atomic mass is 10.0. The van der Waals surface area contributed by atoms with Crippen LogP contribution >= 0.6 is 0 Å². The fourth-order valence-electron chi connectivity index (χ4n) is 3.24. The topological polar surface area (TPSA) is 36.3 Å². The molecule has 2 heterocycles. The van der Waals surface area contributed by atoms with Crippen LogP contribution in [0.15, 0.2) is 0 Å². The lowest BCUT2D eigenvalue weighted by molar-refractivity contribution is 0.0742. The third kappa shape index (κ3) is 2.16. The molecule has 0 aliphatic carbocycles. The Bertz CT molecular complexity index is 617. The molecule has 2 fully saturated rings. The van der Waals surface area contributed by atoms with Gasteiger partial charge in [-0.3, -0.25) is 0 Å². The SMILES string of the molecule is N#CN1C2CCC1CC(Oc1c(F)c(F)c(F)c(F)c1F)C2. The molecule has 2 bridgehead atoms. The van der Waals surface area contributed by atoms with E-state index in [9.17, 15) is 22.0 Å². The van der Waals surface area contributed by atoms with Crippen molar-refractivity contribution in [1.82, 2.24) is 4.90 Å². The van der Waals surface area contributed by atoms with Gasteiger partial charge in [-0.15, -0.1) is 0 Å². The normalized spacial score (nSPS) is 26.9. The summed E-state index contributed by atoms with van der Waals surface area (Å²) < 4.78 is 71.6. The van der Waals surface area contributed by atoms with E-state index in [-0.39, 0.29) is 12.1 Å². The molecule has 3 nitrogen and oxygen atoms in total. The second kappa shape index (κ2) is 5.30. The number of benzene rings is 1. The number of hydrogen-bond acceptors (Lipinski definition) is 3. The first-order valence-corrected chi connectivity index (χ1v) is 6.80. The zero-order chi connectivity index (χ0) is 16.0. The van der Waals surface area contributed by atoms with E-state index in [2.05, 4.69) is 6.19 Å². The Morgan fingerprint density at radius 1 is 0.864 bits per heavy atom. The largest absolute Gasteiger partial charge is 0.484 e. The highest BCUT2D eigenvalue weighted by Gasteiger charge is 2.42. The molecule has 22 heavy (non-hydrogen) atoms. The van der Waals surface area contributed by atoms with Crippen molar-refractivity contribution in [3.05, 3.63) is 29.1 Å². The summed E-state index contributed by atoms with van der Waals surface area (Å²) in [4.78, 5) is 1.61. The first-order valence-electron chi connectivity index (χ1n) is 6.80. The lowest BCUT2D eigenvalue weighted by Gasteiger charge is -2.35. The van der Waals surface area contributed by atoms with Crippen molar-refractivity contribution in [1.29, 1.82) is 5.26 Å². The molecule has 2 aliphatic heterocycles. The molecule has 0 saturated carbocycles. The van der Waals surface area contributed by atoms with Crippen molar-refractivity contribution in [3.63, 3.8) is 0 Å². The first-order chi connectivity index (χ1) is 10.4. The van der Waals surface area contributed by atoms with Gasteiger partial charge in [0.1, 0.15) is 6.10 Å². The zero-order valence-corrected chi connectivity index (χ0v) is 11.3. The summed E-state index contributed by atoms with van der Waals surface area (Å²) in [6.07, 6.45) is 3.48. The van der Waals surface area contributed by atoms with Crippen molar-refractivity contribution in [3.8, 4) is 11.9 Å². The van der Waals surface area contributed by atoms with Crippen LogP contribution in [0.1, 0.15) is 25.7 Å². The van der Waals surface area contributed by atoms with Crippen LogP contribution in [0.4, 0.5) is 22.0 Å². The Morgan fingerprint density at radius 2 is 1.32 bits per heavy atom. The maximum absolute atomic E-state index is 13.6. The molecule has 2 unspecified atom stereocenters. The van der Waals surface area contributed by atoms with Gasteiger partial charge < -0.3 is 9.64 Å². The molecular weight excluding hydrogens is 307 g/mol. The Morgan fingerprint density at radius 3 is 1.77 bits per heavy atom. The molecule has 8 heteroatoms. The molecule has 0 radical (unpaired) electrons. The Labute approximate surface area is 122 Å². The monoisotopic (exact) mass is 318 g/mol. The number of fused-ring (bicyclic) bond motifs is 2. The van der Waals surface area contributed by atoms with Crippen LogP contribution in [0.25, 0.3) is 0 Å². The van der Waals surface area contributed by atoms with E-state index in [1.807, 2.05) is 0 Å². The third-order valence-corrected chi connectivity index (χ3v) is 4.26. The molecule has 2 atom stereocenters. The van der Waals surface area contributed by atoms with E-state index in [4.69, 9.17) is 10.00 Å². The van der Waals surface area contributed by atoms with Gasteiger partial charge in [0.25, 0.3) is 0 Å². The number of rotatable bonds is 2. The van der Waals surface area contributed by atoms with E-state index >= 15 is 0 Å². The Balaban J connectivity index is 1.85. The van der Waals surface area contributed by atoms with E-state index in [1.54, 1.807) is 4.90 Å². The van der Waals surface area contributed by atoms with Crippen molar-refractivity contribution in [2.45, 2.75) is 43.9 Å². The minimum Gasteiger partial charge on any atom is -0.484 e. The predicted octanol–water partition coefficient (Wildman–Crippen LogP) is 3.24. The summed E-state index contributed by atoms with van der Waals surface area (Å²) in [5.41, 5.74) is 0. The van der Waals surface area contributed by atoms with Gasteiger partial charge in [0, 0.05) is 24.9 Å². The average Bonchev–Trinajstić information content (AvgIpc) is 2.77. The highest BCUT2D eigenvalue weighted by molar-refractivity contribution is 5.30. The van der Waals surface area contributed by atoms with Gasteiger partial charge in [-0.05, 0) is 12.8 Å². The molecule has 0 N–H and O–H groups in total. The minimum absolute atomic E-state index is 0.116. The van der Waals surface area contributed by atoms with Crippen LogP contribution in [0.2, 0.25) is 0 Å². The van der Waals surface area contributed by atoms with Gasteiger partial charge in [0.2, 0.25) is 29.1 Å². The summed E-state index contributed by atoms with van der Waals surface area (Å²) in [6, 6.07) is -0.231. The van der Waals surface area contributed by atoms with E-state index in [0.29, 0.717) is 12.8 Å². The van der Waals surface area contributed by atoms with Crippen LogP contribution in [0, 0.1) is 40.5 Å². The van der Waals surface area contributed by atoms with Crippen LogP contribution < -0.4 is 4.74 Å². The van der Waals surface area contributed by atoms with Gasteiger partial charge in [-0.2, -0.15) is 14.0 Å².